The number of unbranched alkanes of at least 4 members (excludes halogenated alkanes) is 16. The Kier molecular flexibility index (Phi) is 24.2. The molecule has 0 aromatic rings. The van der Waals surface area contributed by atoms with Crippen LogP contribution in [-0.4, -0.2) is 38.0 Å². The van der Waals surface area contributed by atoms with Crippen molar-refractivity contribution in [3.05, 3.63) is 0 Å². The van der Waals surface area contributed by atoms with Gasteiger partial charge in [-0.15, -0.1) is 0 Å². The number of hydrogen-bond acceptors (Lipinski definition) is 1. The zero-order chi connectivity index (χ0) is 20.9. The van der Waals surface area contributed by atoms with Crippen LogP contribution in [0.3, 0.4) is 0 Å². The number of halogens is 1. The topological polar surface area (TPSA) is 17.1 Å². The Hall–Kier alpha value is -0.0800. The second kappa shape index (κ2) is 22.6. The van der Waals surface area contributed by atoms with Crippen LogP contribution in [0.15, 0.2) is 0 Å². The molecule has 2 nitrogen and oxygen atoms in total. The second-order valence-corrected chi connectivity index (χ2v) is 10.1. The van der Waals surface area contributed by atoms with Crippen LogP contribution in [0.5, 0.6) is 0 Å². The van der Waals surface area contributed by atoms with Gasteiger partial charge in [-0.2, -0.15) is 0 Å². The van der Waals surface area contributed by atoms with Crippen LogP contribution in [-0.2, 0) is 4.79 Å². The summed E-state index contributed by atoms with van der Waals surface area (Å²) in [4.78, 5) is 11.9. The van der Waals surface area contributed by atoms with Crippen molar-refractivity contribution in [1.29, 1.82) is 0 Å². The minimum atomic E-state index is 0. The Morgan fingerprint density at radius 3 is 1.17 bits per heavy atom. The maximum absolute atomic E-state index is 11.9. The minimum absolute atomic E-state index is 0. The molecule has 0 N–H and O–H groups in total. The van der Waals surface area contributed by atoms with Crippen LogP contribution in [0, 0.1) is 0 Å². The number of quaternary nitrogens is 1. The maximum Gasteiger partial charge on any atom is 0.133 e. The van der Waals surface area contributed by atoms with Gasteiger partial charge < -0.3 is 16.9 Å². The first kappa shape index (κ1) is 31.1. The summed E-state index contributed by atoms with van der Waals surface area (Å²) in [5.41, 5.74) is 0. The minimum Gasteiger partial charge on any atom is -1.00 e. The van der Waals surface area contributed by atoms with Crippen molar-refractivity contribution in [2.75, 3.05) is 27.7 Å². The first-order valence-corrected chi connectivity index (χ1v) is 12.8. The van der Waals surface area contributed by atoms with E-state index in [1.807, 2.05) is 0 Å². The molecule has 0 fully saturated rings. The van der Waals surface area contributed by atoms with E-state index in [4.69, 9.17) is 0 Å². The summed E-state index contributed by atoms with van der Waals surface area (Å²) in [6.45, 7) is 3.39. The van der Waals surface area contributed by atoms with Gasteiger partial charge in [0.05, 0.1) is 27.7 Å². The van der Waals surface area contributed by atoms with Crippen LogP contribution in [0.1, 0.15) is 135 Å². The third kappa shape index (κ3) is 27.9. The molecule has 0 saturated heterocycles. The highest BCUT2D eigenvalue weighted by Crippen LogP contribution is 2.14. The first-order valence-electron chi connectivity index (χ1n) is 12.8. The van der Waals surface area contributed by atoms with E-state index in [2.05, 4.69) is 28.1 Å². The molecule has 0 rings (SSSR count). The molecular formula is C26H54ClNO. The number of carbonyl (C=O) groups excluding carboxylic acids is 1. The quantitative estimate of drug-likeness (QED) is 0.172. The predicted octanol–water partition coefficient (Wildman–Crippen LogP) is 5.09. The summed E-state index contributed by atoms with van der Waals surface area (Å²) in [6, 6.07) is 0. The number of rotatable bonds is 22. The zero-order valence-electron chi connectivity index (χ0n) is 20.6. The number of hydrogen-bond donors (Lipinski definition) is 0. The number of carbonyl (C=O) groups is 1. The van der Waals surface area contributed by atoms with Gasteiger partial charge in [0.25, 0.3) is 0 Å². The summed E-state index contributed by atoms with van der Waals surface area (Å²) in [5, 5.41) is 0. The molecule has 3 heteroatoms. The molecule has 0 amide bonds. The van der Waals surface area contributed by atoms with Gasteiger partial charge in [0.15, 0.2) is 0 Å². The molecule has 29 heavy (non-hydrogen) atoms. The van der Waals surface area contributed by atoms with Gasteiger partial charge in [0, 0.05) is 19.3 Å². The third-order valence-electron chi connectivity index (χ3n) is 5.84. The van der Waals surface area contributed by atoms with Gasteiger partial charge in [0.2, 0.25) is 0 Å². The Morgan fingerprint density at radius 2 is 0.828 bits per heavy atom. The van der Waals surface area contributed by atoms with Crippen molar-refractivity contribution < 1.29 is 21.7 Å². The fourth-order valence-electron chi connectivity index (χ4n) is 3.92. The van der Waals surface area contributed by atoms with Crippen molar-refractivity contribution in [2.45, 2.75) is 135 Å². The standard InChI is InChI=1S/C26H54NO.ClH/c1-5-6-7-8-9-10-11-12-13-14-15-16-17-18-19-20-21-23-26(28)24-22-25-27(2,3)4;/h5-25H2,1-4H3;1H/q+1;/p-1. The predicted molar refractivity (Wildman–Crippen MR) is 126 cm³/mol. The summed E-state index contributed by atoms with van der Waals surface area (Å²) >= 11 is 0. The van der Waals surface area contributed by atoms with Crippen LogP contribution in [0.25, 0.3) is 0 Å². The van der Waals surface area contributed by atoms with E-state index in [0.717, 1.165) is 36.7 Å². The largest absolute Gasteiger partial charge is 1.00 e. The number of ketones is 1. The van der Waals surface area contributed by atoms with Gasteiger partial charge in [-0.3, -0.25) is 4.79 Å². The normalized spacial score (nSPS) is 11.4. The summed E-state index contributed by atoms with van der Waals surface area (Å²) in [5.74, 6) is 0.481. The highest BCUT2D eigenvalue weighted by molar-refractivity contribution is 5.78. The van der Waals surface area contributed by atoms with Crippen molar-refractivity contribution in [2.24, 2.45) is 0 Å². The number of Topliss-reactive ketones (excluding diaryl/α,β-unsaturated/α-hetero) is 1. The van der Waals surface area contributed by atoms with E-state index in [-0.39, 0.29) is 12.4 Å². The van der Waals surface area contributed by atoms with Crippen LogP contribution < -0.4 is 12.4 Å². The van der Waals surface area contributed by atoms with Crippen molar-refractivity contribution in [1.82, 2.24) is 0 Å². The molecule has 0 bridgehead atoms. The van der Waals surface area contributed by atoms with E-state index in [9.17, 15) is 4.79 Å². The van der Waals surface area contributed by atoms with Gasteiger partial charge in [-0.05, 0) is 6.42 Å². The van der Waals surface area contributed by atoms with E-state index in [1.165, 1.54) is 103 Å². The summed E-state index contributed by atoms with van der Waals surface area (Å²) < 4.78 is 0.965. The average molecular weight is 432 g/mol. The molecule has 0 aliphatic rings. The second-order valence-electron chi connectivity index (χ2n) is 10.1. The molecule has 0 aliphatic heterocycles. The summed E-state index contributed by atoms with van der Waals surface area (Å²) in [7, 11) is 6.59. The molecule has 0 atom stereocenters. The van der Waals surface area contributed by atoms with Gasteiger partial charge in [-0.25, -0.2) is 0 Å². The number of nitrogens with zero attached hydrogens (tertiary/aromatic N) is 1. The smallest absolute Gasteiger partial charge is 0.133 e. The van der Waals surface area contributed by atoms with E-state index < -0.39 is 0 Å². The lowest BCUT2D eigenvalue weighted by molar-refractivity contribution is -0.870. The lowest BCUT2D eigenvalue weighted by atomic mass is 10.0. The Labute approximate surface area is 190 Å². The average Bonchev–Trinajstić information content (AvgIpc) is 2.63. The zero-order valence-corrected chi connectivity index (χ0v) is 21.3. The first-order chi connectivity index (χ1) is 13.5. The molecule has 0 saturated carbocycles. The highest BCUT2D eigenvalue weighted by Gasteiger charge is 2.08. The van der Waals surface area contributed by atoms with Crippen LogP contribution in [0.2, 0.25) is 0 Å². The molecular weight excluding hydrogens is 378 g/mol. The van der Waals surface area contributed by atoms with Crippen LogP contribution in [0.4, 0.5) is 0 Å². The molecule has 176 valence electrons. The lowest BCUT2D eigenvalue weighted by Crippen LogP contribution is -3.00. The lowest BCUT2D eigenvalue weighted by Gasteiger charge is -2.23. The summed E-state index contributed by atoms with van der Waals surface area (Å²) in [6.07, 6.45) is 26.4. The molecule has 0 radical (unpaired) electrons. The van der Waals surface area contributed by atoms with Gasteiger partial charge in [0.1, 0.15) is 5.78 Å². The SMILES string of the molecule is CCCCCCCCCCCCCCCCCCCC(=O)CCC[N+](C)(C)C.[Cl-]. The molecule has 0 heterocycles. The Morgan fingerprint density at radius 1 is 0.517 bits per heavy atom. The van der Waals surface area contributed by atoms with Crippen molar-refractivity contribution >= 4 is 5.78 Å². The van der Waals surface area contributed by atoms with Crippen molar-refractivity contribution in [3.63, 3.8) is 0 Å². The molecule has 0 aromatic carbocycles. The molecule has 0 aliphatic carbocycles. The maximum atomic E-state index is 11.9. The van der Waals surface area contributed by atoms with E-state index >= 15 is 0 Å². The third-order valence-corrected chi connectivity index (χ3v) is 5.84. The highest BCUT2D eigenvalue weighted by atomic mass is 35.5. The van der Waals surface area contributed by atoms with E-state index in [0.29, 0.717) is 5.78 Å². The Balaban J connectivity index is 0. The van der Waals surface area contributed by atoms with Gasteiger partial charge in [-0.1, -0.05) is 110 Å². The van der Waals surface area contributed by atoms with Crippen LogP contribution >= 0.6 is 0 Å². The molecule has 0 unspecified atom stereocenters. The van der Waals surface area contributed by atoms with Gasteiger partial charge >= 0.3 is 0 Å². The fourth-order valence-corrected chi connectivity index (χ4v) is 3.92. The fraction of sp³-hybridized carbons (Fsp3) is 0.962. The van der Waals surface area contributed by atoms with E-state index in [1.54, 1.807) is 0 Å². The monoisotopic (exact) mass is 431 g/mol. The Bertz CT molecular complexity index is 338. The molecule has 0 aromatic heterocycles. The van der Waals surface area contributed by atoms with Crippen molar-refractivity contribution in [3.8, 4) is 0 Å². The molecule has 0 spiro atoms.